The first-order valence-electron chi connectivity index (χ1n) is 45.7. The summed E-state index contributed by atoms with van der Waals surface area (Å²) in [6, 6.07) is -17.8. The number of carbonyl (C=O) groups excluding carboxylic acids is 19. The molecule has 141 heavy (non-hydrogen) atoms. The van der Waals surface area contributed by atoms with E-state index in [-0.39, 0.29) is 85.3 Å². The maximum atomic E-state index is 14.8. The van der Waals surface area contributed by atoms with Gasteiger partial charge in [0, 0.05) is 38.1 Å². The van der Waals surface area contributed by atoms with Gasteiger partial charge in [-0.25, -0.2) is 28.0 Å². The van der Waals surface area contributed by atoms with Gasteiger partial charge in [-0.1, -0.05) is 106 Å². The number of aromatic nitrogens is 4. The predicted octanol–water partition coefficient (Wildman–Crippen LogP) is -6.54. The fourth-order valence-electron chi connectivity index (χ4n) is 13.9. The lowest BCUT2D eigenvalue weighted by Gasteiger charge is -2.30. The second kappa shape index (κ2) is 61.8. The summed E-state index contributed by atoms with van der Waals surface area (Å²) in [5, 5.41) is 76.8. The Bertz CT molecular complexity index is 4820. The molecule has 0 aliphatic heterocycles. The molecule has 0 bridgehead atoms. The van der Waals surface area contributed by atoms with Gasteiger partial charge in [-0.3, -0.25) is 91.1 Å². The Labute approximate surface area is 819 Å². The Morgan fingerprint density at radius 2 is 0.851 bits per heavy atom. The standard InChI is InChI=1S/C87H138N24O28S2/c1-13-48(10)71(110-76(124)54(23-25-69(118)119)98-82(130)63(39-112)108-84(132)70(47(8)9)109-83(131)64(40-113)111(141(12,137)138)87(136)139-41-49-19-15-14-16-20-49)85(133)100-53(22-24-65(89)114)74(122)102-57(30-45(4)5)77(125)99-55(26-28-140-11)75(123)105-60(33-51-37-93-43-96-51)80(128)106-61(34-66(90)115)81(129)101-56(29-44(2)3)72(120)94-38-68(117)97-52(21-17-18-27-88)73(121)104-59(32-50-36-92-42-95-50)79(127)103-58(31-46(6)7)78(126)107-62(86(134)135)35-67(91)116/h14-16,19-20,36-37,42-48,52-64,70-71,112-113H,13,17-18,21-35,38-41,88H2,1-12H3,(H2,89,114)(H2,90,115)(H2,91,116)(H,92,95)(H,93,96)(H,94,120)(H,97,117)(H,98,130)(H,99,125)(H,100,133)(H,101,129)(H,102,122)(H,103,127)(H,104,121)(H,105,123)(H,106,128)(H,107,126)(H,108,132)(H,109,131)(H,110,124)(H,118,119)(H,134,135)/t48-,52-,53-,54-,55-,56-,57-,58-,59-,60-,61-,62-,63-,64-,70-,71-/m0/s1. The number of carbonyl (C=O) groups is 21. The van der Waals surface area contributed by atoms with Gasteiger partial charge in [-0.15, -0.1) is 0 Å². The molecule has 786 valence electrons. The summed E-state index contributed by atoms with van der Waals surface area (Å²) in [4.78, 5) is 302. The van der Waals surface area contributed by atoms with Crippen LogP contribution in [0, 0.1) is 29.6 Å². The summed E-state index contributed by atoms with van der Waals surface area (Å²) in [6.45, 7) is 12.2. The molecule has 0 radical (unpaired) electrons. The normalized spacial score (nSPS) is 14.7. The van der Waals surface area contributed by atoms with E-state index in [0.29, 0.717) is 18.2 Å². The number of hydrogen-bond donors (Lipinski definition) is 25. The highest BCUT2D eigenvalue weighted by Crippen LogP contribution is 2.19. The fraction of sp³-hybridized carbons (Fsp3) is 0.621. The van der Waals surface area contributed by atoms with Crippen molar-refractivity contribution in [3.05, 3.63) is 72.3 Å². The number of rotatable bonds is 67. The average molecular weight is 2030 g/mol. The van der Waals surface area contributed by atoms with Crippen molar-refractivity contribution in [2.75, 3.05) is 44.6 Å². The van der Waals surface area contributed by atoms with E-state index in [1.807, 2.05) is 0 Å². The van der Waals surface area contributed by atoms with Crippen LogP contribution >= 0.6 is 11.8 Å². The van der Waals surface area contributed by atoms with E-state index in [0.717, 1.165) is 0 Å². The molecule has 0 unspecified atom stereocenters. The van der Waals surface area contributed by atoms with Crippen molar-refractivity contribution in [2.24, 2.45) is 52.5 Å². The number of thioether (sulfide) groups is 1. The highest BCUT2D eigenvalue weighted by Gasteiger charge is 2.43. The molecule has 2 aromatic heterocycles. The van der Waals surface area contributed by atoms with Crippen LogP contribution in [0.1, 0.15) is 176 Å². The lowest BCUT2D eigenvalue weighted by atomic mass is 9.96. The maximum absolute atomic E-state index is 14.8. The molecule has 3 rings (SSSR count). The van der Waals surface area contributed by atoms with E-state index in [1.165, 1.54) is 57.6 Å². The number of carboxylic acids is 2. The molecular weight excluding hydrogens is 1890 g/mol. The quantitative estimate of drug-likeness (QED) is 0.0234. The largest absolute Gasteiger partial charge is 0.481 e. The summed E-state index contributed by atoms with van der Waals surface area (Å²) in [5.41, 5.74) is 23.0. The minimum Gasteiger partial charge on any atom is -0.481 e. The van der Waals surface area contributed by atoms with Crippen LogP contribution in [0.2, 0.25) is 0 Å². The van der Waals surface area contributed by atoms with E-state index >= 15 is 0 Å². The van der Waals surface area contributed by atoms with Crippen LogP contribution in [-0.4, -0.2) is 313 Å². The number of nitrogens with two attached hydrogens (primary N) is 4. The van der Waals surface area contributed by atoms with E-state index < -0.39 is 320 Å². The van der Waals surface area contributed by atoms with Gasteiger partial charge in [0.05, 0.1) is 62.9 Å². The summed E-state index contributed by atoms with van der Waals surface area (Å²) in [5.74, 6) is -25.6. The number of unbranched alkanes of at least 4 members (excludes halogenated alkanes) is 1. The van der Waals surface area contributed by atoms with E-state index in [1.54, 1.807) is 85.1 Å². The molecule has 52 nitrogen and oxygen atoms in total. The Morgan fingerprint density at radius 1 is 0.454 bits per heavy atom. The monoisotopic (exact) mass is 2030 g/mol. The Hall–Kier alpha value is -13.5. The number of benzene rings is 1. The number of amides is 19. The molecule has 0 saturated heterocycles. The molecule has 29 N–H and O–H groups in total. The number of hydrogen-bond acceptors (Lipinski definition) is 30. The number of aliphatic hydroxyl groups is 2. The molecule has 2 heterocycles. The highest BCUT2D eigenvalue weighted by molar-refractivity contribution is 7.98. The van der Waals surface area contributed by atoms with Crippen molar-refractivity contribution in [2.45, 2.75) is 269 Å². The third-order valence-electron chi connectivity index (χ3n) is 21.5. The first-order chi connectivity index (χ1) is 66.3. The number of sulfonamides is 1. The number of aliphatic hydroxyl groups excluding tert-OH is 2. The second-order valence-electron chi connectivity index (χ2n) is 35.2. The van der Waals surface area contributed by atoms with Gasteiger partial charge in [-0.2, -0.15) is 16.1 Å². The SMILES string of the molecule is CC[C@H](C)[C@H](NC(=O)[C@H](CCC(=O)O)NC(=O)[C@H](CO)NC(=O)[C@@H](NC(=O)[C@H](CO)N(C(=O)OCc1ccccc1)S(C)(=O)=O)C(C)C)C(=O)N[C@@H](CCC(N)=O)C(=O)N[C@@H](CC(C)C)C(=O)N[C@@H](CCSC)C(=O)N[C@@H](Cc1c[nH]cn1)C(=O)N[C@@H](CC(N)=O)C(=O)N[C@@H](CC(C)C)C(=O)NCC(=O)N[C@@H](CCCCN)C(=O)N[C@@H](Cc1c[nH]cn1)C(=O)N[C@@H](CC(C)C)C(=O)N[C@@H](CC(N)=O)C(=O)O. The zero-order chi connectivity index (χ0) is 106. The first-order valence-corrected chi connectivity index (χ1v) is 48.9. The molecule has 0 aliphatic carbocycles. The first kappa shape index (κ1) is 122. The number of imidazole rings is 2. The van der Waals surface area contributed by atoms with Gasteiger partial charge in [0.25, 0.3) is 0 Å². The number of nitrogens with zero attached hydrogens (tertiary/aromatic N) is 3. The van der Waals surface area contributed by atoms with Crippen molar-refractivity contribution < 1.29 is 134 Å². The van der Waals surface area contributed by atoms with Gasteiger partial charge in [0.1, 0.15) is 91.2 Å². The fourth-order valence-corrected chi connectivity index (χ4v) is 15.3. The van der Waals surface area contributed by atoms with Gasteiger partial charge in [-0.05, 0) is 111 Å². The predicted molar refractivity (Wildman–Crippen MR) is 505 cm³/mol. The van der Waals surface area contributed by atoms with Crippen LogP contribution in [-0.2, 0) is 130 Å². The lowest BCUT2D eigenvalue weighted by molar-refractivity contribution is -0.144. The van der Waals surface area contributed by atoms with Crippen LogP contribution in [0.15, 0.2) is 55.4 Å². The van der Waals surface area contributed by atoms with Crippen LogP contribution in [0.25, 0.3) is 0 Å². The third-order valence-corrected chi connectivity index (χ3v) is 23.3. The molecule has 0 aliphatic rings. The minimum absolute atomic E-state index is 0.0403. The maximum Gasteiger partial charge on any atom is 0.424 e. The number of ether oxygens (including phenoxy) is 1. The Morgan fingerprint density at radius 3 is 1.28 bits per heavy atom. The number of aliphatic carboxylic acids is 2. The number of nitrogens with one attached hydrogen (secondary N) is 17. The zero-order valence-corrected chi connectivity index (χ0v) is 82.5. The van der Waals surface area contributed by atoms with E-state index in [9.17, 15) is 130 Å². The van der Waals surface area contributed by atoms with Gasteiger partial charge in [0.2, 0.25) is 116 Å². The topological polar surface area (TPSA) is 828 Å². The van der Waals surface area contributed by atoms with Crippen LogP contribution in [0.5, 0.6) is 0 Å². The molecule has 1 aromatic carbocycles. The minimum atomic E-state index is -4.69. The third kappa shape index (κ3) is 44.7. The van der Waals surface area contributed by atoms with Crippen molar-refractivity contribution in [3.63, 3.8) is 0 Å². The number of primary amides is 3. The molecule has 19 amide bonds. The molecule has 16 atom stereocenters. The highest BCUT2D eigenvalue weighted by atomic mass is 32.2. The molecule has 3 aromatic rings. The van der Waals surface area contributed by atoms with Gasteiger partial charge in [0.15, 0.2) is 6.04 Å². The van der Waals surface area contributed by atoms with Crippen molar-refractivity contribution in [1.29, 1.82) is 0 Å². The van der Waals surface area contributed by atoms with E-state index in [4.69, 9.17) is 27.7 Å². The van der Waals surface area contributed by atoms with Crippen LogP contribution in [0.3, 0.4) is 0 Å². The van der Waals surface area contributed by atoms with Gasteiger partial charge < -0.3 is 138 Å². The average Bonchev–Trinajstić information content (AvgIpc) is 1.43. The van der Waals surface area contributed by atoms with Crippen molar-refractivity contribution >= 4 is 146 Å². The summed E-state index contributed by atoms with van der Waals surface area (Å²) < 4.78 is 31.0. The Balaban J connectivity index is 1.93. The summed E-state index contributed by atoms with van der Waals surface area (Å²) >= 11 is 1.23. The summed E-state index contributed by atoms with van der Waals surface area (Å²) in [7, 11) is -4.69. The molecule has 0 fully saturated rings. The number of carboxylic acid groups (broad SMARTS) is 2. The number of H-pyrrole nitrogens is 2. The molecule has 0 saturated carbocycles. The second-order valence-corrected chi connectivity index (χ2v) is 38.0. The summed E-state index contributed by atoms with van der Waals surface area (Å²) in [6.07, 6.45) is 0.893. The van der Waals surface area contributed by atoms with Crippen molar-refractivity contribution in [3.8, 4) is 0 Å². The van der Waals surface area contributed by atoms with Crippen LogP contribution < -0.4 is 103 Å². The lowest BCUT2D eigenvalue weighted by Crippen LogP contribution is -2.62. The van der Waals surface area contributed by atoms with Gasteiger partial charge >= 0.3 is 18.0 Å². The van der Waals surface area contributed by atoms with Crippen LogP contribution in [0.4, 0.5) is 4.79 Å². The molecule has 54 heteroatoms. The molecule has 0 spiro atoms. The van der Waals surface area contributed by atoms with Crippen molar-refractivity contribution in [1.82, 2.24) is 104 Å². The smallest absolute Gasteiger partial charge is 0.424 e. The Kier molecular flexibility index (Phi) is 53.3. The zero-order valence-electron chi connectivity index (χ0n) is 80.9. The molecular formula is C87H138N24O28S2. The van der Waals surface area contributed by atoms with E-state index in [2.05, 4.69) is 99.7 Å². The number of aromatic amines is 2.